The van der Waals surface area contributed by atoms with Gasteiger partial charge in [-0.3, -0.25) is 19.1 Å². The lowest BCUT2D eigenvalue weighted by Gasteiger charge is -2.28. The number of halogens is 1. The number of nitrogens with one attached hydrogen (secondary N) is 2. The lowest BCUT2D eigenvalue weighted by atomic mass is 9.79. The summed E-state index contributed by atoms with van der Waals surface area (Å²) in [5.41, 5.74) is 1.52. The van der Waals surface area contributed by atoms with Crippen LogP contribution in [-0.2, 0) is 23.1 Å². The third-order valence-electron chi connectivity index (χ3n) is 7.70. The van der Waals surface area contributed by atoms with E-state index in [1.54, 1.807) is 22.9 Å². The highest BCUT2D eigenvalue weighted by molar-refractivity contribution is 6.31. The molecule has 0 atom stereocenters. The van der Waals surface area contributed by atoms with Crippen molar-refractivity contribution < 1.29 is 14.3 Å². The lowest BCUT2D eigenvalue weighted by molar-refractivity contribution is -0.121. The van der Waals surface area contributed by atoms with Gasteiger partial charge in [-0.15, -0.1) is 0 Å². The SMILES string of the molecule is CCOc1ccc(Cl)cc1NC(=O)CC1(CC(=O)Nc2c(CCN(C)C)n(C)n(-c3ccccc3)c2=O)CCCC1. The maximum atomic E-state index is 13.6. The highest BCUT2D eigenvalue weighted by Crippen LogP contribution is 2.44. The van der Waals surface area contributed by atoms with Crippen LogP contribution in [0.4, 0.5) is 11.4 Å². The van der Waals surface area contributed by atoms with Crippen LogP contribution in [0.15, 0.2) is 53.3 Å². The number of carbonyl (C=O) groups is 2. The zero-order valence-electron chi connectivity index (χ0n) is 24.3. The highest BCUT2D eigenvalue weighted by atomic mass is 35.5. The second-order valence-electron chi connectivity index (χ2n) is 11.1. The van der Waals surface area contributed by atoms with Crippen molar-refractivity contribution in [3.63, 3.8) is 0 Å². The van der Waals surface area contributed by atoms with Crippen molar-refractivity contribution in [2.75, 3.05) is 37.9 Å². The number of likely N-dealkylation sites (N-methyl/N-ethyl adjacent to an activating group) is 1. The second-order valence-corrected chi connectivity index (χ2v) is 11.5. The van der Waals surface area contributed by atoms with E-state index in [-0.39, 0.29) is 30.2 Å². The summed E-state index contributed by atoms with van der Waals surface area (Å²) in [5, 5.41) is 6.40. The molecule has 2 aromatic carbocycles. The van der Waals surface area contributed by atoms with Crippen LogP contribution in [0.25, 0.3) is 5.69 Å². The Morgan fingerprint density at radius 3 is 2.32 bits per heavy atom. The maximum Gasteiger partial charge on any atom is 0.295 e. The van der Waals surface area contributed by atoms with Gasteiger partial charge in [0.25, 0.3) is 5.56 Å². The molecule has 41 heavy (non-hydrogen) atoms. The quantitative estimate of drug-likeness (QED) is 0.304. The number of hydrogen-bond acceptors (Lipinski definition) is 5. The van der Waals surface area contributed by atoms with Crippen molar-refractivity contribution in [3.05, 3.63) is 69.6 Å². The maximum absolute atomic E-state index is 13.6. The second kappa shape index (κ2) is 13.4. The molecule has 0 saturated heterocycles. The molecule has 1 aliphatic rings. The predicted molar refractivity (Wildman–Crippen MR) is 163 cm³/mol. The van der Waals surface area contributed by atoms with Gasteiger partial charge in [-0.25, -0.2) is 4.68 Å². The molecule has 1 fully saturated rings. The Bertz CT molecular complexity index is 1420. The largest absolute Gasteiger partial charge is 0.492 e. The third-order valence-corrected chi connectivity index (χ3v) is 7.93. The van der Waals surface area contributed by atoms with Gasteiger partial charge >= 0.3 is 0 Å². The van der Waals surface area contributed by atoms with Gasteiger partial charge in [0, 0.05) is 37.9 Å². The van der Waals surface area contributed by atoms with Crippen LogP contribution in [0, 0.1) is 5.41 Å². The number of aromatic nitrogens is 2. The molecule has 0 unspecified atom stereocenters. The molecule has 4 rings (SSSR count). The molecule has 0 spiro atoms. The fraction of sp³-hybridized carbons (Fsp3) is 0.452. The van der Waals surface area contributed by atoms with Gasteiger partial charge in [-0.05, 0) is 69.6 Å². The Hall–Kier alpha value is -3.56. The Morgan fingerprint density at radius 2 is 1.68 bits per heavy atom. The summed E-state index contributed by atoms with van der Waals surface area (Å²) in [6.07, 6.45) is 4.35. The standard InChI is InChI=1S/C31H40ClN5O4/c1-5-41-26-14-13-22(32)19-24(26)33-27(38)20-31(16-9-10-17-31)21-28(39)34-29-25(15-18-35(2)3)36(4)37(30(29)40)23-11-7-6-8-12-23/h6-8,11-14,19H,5,9-10,15-18,20-21H2,1-4H3,(H,33,38)(H,34,39). The monoisotopic (exact) mass is 581 g/mol. The van der Waals surface area contributed by atoms with Crippen LogP contribution < -0.4 is 20.9 Å². The summed E-state index contributed by atoms with van der Waals surface area (Å²) in [4.78, 5) is 42.5. The van der Waals surface area contributed by atoms with Gasteiger partial charge in [0.05, 0.1) is 23.7 Å². The minimum absolute atomic E-state index is 0.154. The minimum Gasteiger partial charge on any atom is -0.492 e. The van der Waals surface area contributed by atoms with Gasteiger partial charge in [-0.1, -0.05) is 42.6 Å². The summed E-state index contributed by atoms with van der Waals surface area (Å²) < 4.78 is 9.05. The zero-order valence-corrected chi connectivity index (χ0v) is 25.1. The summed E-state index contributed by atoms with van der Waals surface area (Å²) in [6, 6.07) is 14.5. The molecule has 2 amide bonds. The number of benzene rings is 2. The van der Waals surface area contributed by atoms with Gasteiger partial charge in [-0.2, -0.15) is 0 Å². The Labute approximate surface area is 246 Å². The van der Waals surface area contributed by atoms with E-state index < -0.39 is 5.41 Å². The topological polar surface area (TPSA) is 97.6 Å². The molecule has 10 heteroatoms. The van der Waals surface area contributed by atoms with Crippen LogP contribution >= 0.6 is 11.6 Å². The highest BCUT2D eigenvalue weighted by Gasteiger charge is 2.38. The summed E-state index contributed by atoms with van der Waals surface area (Å²) >= 11 is 6.17. The molecule has 2 N–H and O–H groups in total. The van der Waals surface area contributed by atoms with E-state index in [0.29, 0.717) is 41.7 Å². The molecule has 1 aliphatic carbocycles. The van der Waals surface area contributed by atoms with E-state index in [0.717, 1.165) is 37.1 Å². The lowest BCUT2D eigenvalue weighted by Crippen LogP contribution is -2.31. The van der Waals surface area contributed by atoms with Crippen molar-refractivity contribution in [2.24, 2.45) is 12.5 Å². The summed E-state index contributed by atoms with van der Waals surface area (Å²) in [7, 11) is 5.78. The summed E-state index contributed by atoms with van der Waals surface area (Å²) in [6.45, 7) is 3.04. The zero-order chi connectivity index (χ0) is 29.6. The van der Waals surface area contributed by atoms with Crippen molar-refractivity contribution >= 4 is 34.8 Å². The molecule has 1 aromatic heterocycles. The first kappa shape index (κ1) is 30.4. The van der Waals surface area contributed by atoms with Crippen molar-refractivity contribution in [1.29, 1.82) is 0 Å². The molecule has 3 aromatic rings. The number of hydrogen-bond donors (Lipinski definition) is 2. The molecule has 0 radical (unpaired) electrons. The Morgan fingerprint density at radius 1 is 1.02 bits per heavy atom. The average Bonchev–Trinajstić information content (AvgIpc) is 3.46. The van der Waals surface area contributed by atoms with E-state index in [4.69, 9.17) is 16.3 Å². The molecular weight excluding hydrogens is 542 g/mol. The van der Waals surface area contributed by atoms with E-state index in [2.05, 4.69) is 10.6 Å². The van der Waals surface area contributed by atoms with Gasteiger partial charge in [0.15, 0.2) is 0 Å². The first-order valence-corrected chi connectivity index (χ1v) is 14.5. The molecule has 0 aliphatic heterocycles. The van der Waals surface area contributed by atoms with Crippen LogP contribution in [-0.4, -0.2) is 53.3 Å². The van der Waals surface area contributed by atoms with E-state index in [1.165, 1.54) is 0 Å². The van der Waals surface area contributed by atoms with Crippen molar-refractivity contribution in [2.45, 2.75) is 51.9 Å². The van der Waals surface area contributed by atoms with E-state index >= 15 is 0 Å². The van der Waals surface area contributed by atoms with Gasteiger partial charge in [0.1, 0.15) is 11.4 Å². The van der Waals surface area contributed by atoms with Crippen LogP contribution in [0.1, 0.15) is 51.1 Å². The summed E-state index contributed by atoms with van der Waals surface area (Å²) in [5.74, 6) is 0.0969. The van der Waals surface area contributed by atoms with Gasteiger partial charge < -0.3 is 20.3 Å². The number of carbonyl (C=O) groups excluding carboxylic acids is 2. The molecule has 220 valence electrons. The number of anilines is 2. The smallest absolute Gasteiger partial charge is 0.295 e. The molecular formula is C31H40ClN5O4. The Balaban J connectivity index is 1.55. The fourth-order valence-electron chi connectivity index (χ4n) is 5.73. The molecule has 0 bridgehead atoms. The molecule has 9 nitrogen and oxygen atoms in total. The number of nitrogens with zero attached hydrogens (tertiary/aromatic N) is 3. The number of rotatable bonds is 12. The van der Waals surface area contributed by atoms with E-state index in [9.17, 15) is 14.4 Å². The number of amides is 2. The minimum atomic E-state index is -0.491. The molecule has 1 saturated carbocycles. The molecule has 1 heterocycles. The van der Waals surface area contributed by atoms with Gasteiger partial charge in [0.2, 0.25) is 11.8 Å². The first-order valence-electron chi connectivity index (χ1n) is 14.2. The van der Waals surface area contributed by atoms with E-state index in [1.807, 2.05) is 68.0 Å². The van der Waals surface area contributed by atoms with Crippen molar-refractivity contribution in [3.8, 4) is 11.4 Å². The predicted octanol–water partition coefficient (Wildman–Crippen LogP) is 5.25. The first-order chi connectivity index (χ1) is 19.6. The number of ether oxygens (including phenoxy) is 1. The normalized spacial score (nSPS) is 14.3. The Kier molecular flexibility index (Phi) is 9.94. The fourth-order valence-corrected chi connectivity index (χ4v) is 5.90. The van der Waals surface area contributed by atoms with Crippen LogP contribution in [0.5, 0.6) is 5.75 Å². The third kappa shape index (κ3) is 7.40. The van der Waals surface area contributed by atoms with Crippen molar-refractivity contribution in [1.82, 2.24) is 14.3 Å². The van der Waals surface area contributed by atoms with Crippen LogP contribution in [0.2, 0.25) is 5.02 Å². The number of para-hydroxylation sites is 1. The average molecular weight is 582 g/mol. The van der Waals surface area contributed by atoms with Crippen LogP contribution in [0.3, 0.4) is 0 Å².